The number of nitrogens with zero attached hydrogens (tertiary/aromatic N) is 4. The number of allylic oxidation sites excluding steroid dienone is 1. The van der Waals surface area contributed by atoms with Gasteiger partial charge in [0.2, 0.25) is 0 Å². The summed E-state index contributed by atoms with van der Waals surface area (Å²) in [7, 11) is -4.63. The van der Waals surface area contributed by atoms with Gasteiger partial charge in [0.25, 0.3) is 21.6 Å². The van der Waals surface area contributed by atoms with Gasteiger partial charge in [0.1, 0.15) is 28.5 Å². The van der Waals surface area contributed by atoms with Crippen LogP contribution < -0.4 is 25.0 Å². The first-order valence-electron chi connectivity index (χ1n) is 20.3. The molecule has 2 aromatic heterocycles. The van der Waals surface area contributed by atoms with Crippen LogP contribution in [0.5, 0.6) is 11.5 Å². The number of pyridine rings is 1. The maximum Gasteiger partial charge on any atom is 0.293 e. The van der Waals surface area contributed by atoms with Crippen molar-refractivity contribution in [1.29, 1.82) is 0 Å². The molecule has 1 amide bonds. The number of aromatic nitrogens is 2. The fraction of sp³-hybridized carbons (Fsp3) is 0.364. The van der Waals surface area contributed by atoms with Gasteiger partial charge >= 0.3 is 0 Å². The average Bonchev–Trinajstić information content (AvgIpc) is 3.71. The second kappa shape index (κ2) is 18.6. The van der Waals surface area contributed by atoms with Gasteiger partial charge in [0, 0.05) is 73.7 Å². The molecule has 61 heavy (non-hydrogen) atoms. The number of anilines is 2. The van der Waals surface area contributed by atoms with Crippen molar-refractivity contribution in [1.82, 2.24) is 24.9 Å². The average molecular weight is 873 g/mol. The number of carbonyl (C=O) groups excluding carboxylic acids is 1. The molecular weight excluding hydrogens is 823 g/mol. The lowest BCUT2D eigenvalue weighted by Gasteiger charge is -2.37. The molecule has 322 valence electrons. The highest BCUT2D eigenvalue weighted by Gasteiger charge is 2.33. The molecule has 2 fully saturated rings. The summed E-state index contributed by atoms with van der Waals surface area (Å²) in [6.07, 6.45) is 4.66. The summed E-state index contributed by atoms with van der Waals surface area (Å²) in [5, 5.41) is 19.4. The standard InChI is InChI=1S/C44H50ClFN8O6S/c1-29(2)22-38(31-4-6-33(45)7-5-31)30(3)27-52-18-20-53(21-19-52)34-8-10-37(41(24-34)60-35-23-32-12-15-48-42(32)49-26-35)43(55)51-61(58,59)36-9-11-39(40(25-36)54(56)57)50-28-44(46)13-16-47-17-14-44/h4-12,15,23-26,29,47,50H,13-14,16-22,27-28H2,1-3H3,(H,48,49)(H,51,55)/b38-30-. The molecule has 3 aromatic carbocycles. The molecular formula is C44H50ClFN8O6S. The number of rotatable bonds is 15. The summed E-state index contributed by atoms with van der Waals surface area (Å²) in [6.45, 7) is 11.2. The SMILES string of the molecule is C/C(CN1CCN(c2ccc(C(=O)NS(=O)(=O)c3ccc(NCC4(F)CCNCC4)c([N+](=O)[O-])c3)c(Oc3cnc4[nH]ccc4c3)c2)CC1)=C(\CC(C)C)c1ccc(Cl)cc1. The van der Waals surface area contributed by atoms with E-state index < -0.39 is 37.1 Å². The van der Waals surface area contributed by atoms with Crippen molar-refractivity contribution in [3.63, 3.8) is 0 Å². The first-order chi connectivity index (χ1) is 29.2. The minimum absolute atomic E-state index is 0.0358. The topological polar surface area (TPSA) is 175 Å². The molecule has 0 bridgehead atoms. The molecule has 2 saturated heterocycles. The highest BCUT2D eigenvalue weighted by molar-refractivity contribution is 7.90. The number of sulfonamides is 1. The number of amides is 1. The number of piperazine rings is 1. The molecule has 14 nitrogen and oxygen atoms in total. The van der Waals surface area contributed by atoms with Gasteiger partial charge in [-0.15, -0.1) is 0 Å². The number of aromatic amines is 1. The number of nitro groups is 1. The number of piperidine rings is 1. The largest absolute Gasteiger partial charge is 0.455 e. The highest BCUT2D eigenvalue weighted by atomic mass is 35.5. The third-order valence-corrected chi connectivity index (χ3v) is 12.7. The monoisotopic (exact) mass is 872 g/mol. The Kier molecular flexibility index (Phi) is 13.3. The number of hydrogen-bond donors (Lipinski definition) is 4. The van der Waals surface area contributed by atoms with Crippen LogP contribution in [0.3, 0.4) is 0 Å². The van der Waals surface area contributed by atoms with Gasteiger partial charge in [-0.3, -0.25) is 19.8 Å². The Morgan fingerprint density at radius 2 is 1.77 bits per heavy atom. The number of carbonyl (C=O) groups is 1. The van der Waals surface area contributed by atoms with Gasteiger partial charge in [-0.25, -0.2) is 22.5 Å². The molecule has 0 aliphatic carbocycles. The van der Waals surface area contributed by atoms with E-state index >= 15 is 4.39 Å². The van der Waals surface area contributed by atoms with Crippen LogP contribution in [-0.2, 0) is 10.0 Å². The van der Waals surface area contributed by atoms with E-state index in [0.29, 0.717) is 48.5 Å². The van der Waals surface area contributed by atoms with Gasteiger partial charge in [-0.1, -0.05) is 43.2 Å². The van der Waals surface area contributed by atoms with Crippen LogP contribution in [0, 0.1) is 16.0 Å². The van der Waals surface area contributed by atoms with Gasteiger partial charge in [-0.2, -0.15) is 0 Å². The van der Waals surface area contributed by atoms with Crippen molar-refractivity contribution >= 4 is 61.2 Å². The number of nitrogens with one attached hydrogen (secondary N) is 4. The van der Waals surface area contributed by atoms with Gasteiger partial charge < -0.3 is 25.3 Å². The molecule has 0 unspecified atom stereocenters. The lowest BCUT2D eigenvalue weighted by molar-refractivity contribution is -0.384. The fourth-order valence-electron chi connectivity index (χ4n) is 7.80. The highest BCUT2D eigenvalue weighted by Crippen LogP contribution is 2.34. The zero-order chi connectivity index (χ0) is 43.3. The predicted molar refractivity (Wildman–Crippen MR) is 237 cm³/mol. The van der Waals surface area contributed by atoms with E-state index in [1.165, 1.54) is 35.0 Å². The van der Waals surface area contributed by atoms with Crippen molar-refractivity contribution in [2.24, 2.45) is 5.92 Å². The minimum atomic E-state index is -4.63. The Bertz CT molecular complexity index is 2530. The molecule has 0 spiro atoms. The molecule has 0 saturated carbocycles. The first kappa shape index (κ1) is 43.5. The molecule has 2 aliphatic heterocycles. The van der Waals surface area contributed by atoms with Crippen LogP contribution in [0.4, 0.5) is 21.5 Å². The molecule has 5 aromatic rings. The number of fused-ring (bicyclic) bond motifs is 1. The van der Waals surface area contributed by atoms with E-state index in [9.17, 15) is 23.3 Å². The minimum Gasteiger partial charge on any atom is -0.455 e. The molecule has 0 radical (unpaired) electrons. The zero-order valence-corrected chi connectivity index (χ0v) is 35.9. The Labute approximate surface area is 359 Å². The van der Waals surface area contributed by atoms with E-state index in [4.69, 9.17) is 16.3 Å². The van der Waals surface area contributed by atoms with Gasteiger partial charge in [-0.05, 0) is 105 Å². The van der Waals surface area contributed by atoms with Crippen LogP contribution in [0.25, 0.3) is 16.6 Å². The van der Waals surface area contributed by atoms with E-state index in [0.717, 1.165) is 49.3 Å². The number of H-pyrrole nitrogens is 1. The second-order valence-electron chi connectivity index (χ2n) is 16.1. The maximum atomic E-state index is 15.3. The molecule has 2 aliphatic rings. The van der Waals surface area contributed by atoms with Gasteiger partial charge in [0.05, 0.1) is 21.6 Å². The van der Waals surface area contributed by atoms with Crippen molar-refractivity contribution in [3.8, 4) is 11.5 Å². The number of ether oxygens (including phenoxy) is 1. The van der Waals surface area contributed by atoms with Crippen molar-refractivity contribution in [2.75, 3.05) is 62.6 Å². The van der Waals surface area contributed by atoms with E-state index in [2.05, 4.69) is 68.0 Å². The van der Waals surface area contributed by atoms with Crippen LogP contribution in [0.2, 0.25) is 5.02 Å². The van der Waals surface area contributed by atoms with Crippen LogP contribution in [-0.4, -0.2) is 92.1 Å². The van der Waals surface area contributed by atoms with Crippen molar-refractivity contribution in [2.45, 2.75) is 50.6 Å². The van der Waals surface area contributed by atoms with Crippen LogP contribution in [0.15, 0.2) is 95.7 Å². The summed E-state index contributed by atoms with van der Waals surface area (Å²) in [4.78, 5) is 36.7. The van der Waals surface area contributed by atoms with E-state index in [1.54, 1.807) is 24.4 Å². The normalized spacial score (nSPS) is 16.3. The van der Waals surface area contributed by atoms with Gasteiger partial charge in [0.15, 0.2) is 0 Å². The molecule has 0 atom stereocenters. The Morgan fingerprint density at radius 3 is 2.48 bits per heavy atom. The molecule has 4 N–H and O–H groups in total. The lowest BCUT2D eigenvalue weighted by atomic mass is 9.92. The summed E-state index contributed by atoms with van der Waals surface area (Å²) in [5.74, 6) is -0.105. The second-order valence-corrected chi connectivity index (χ2v) is 18.2. The van der Waals surface area contributed by atoms with Crippen LogP contribution in [0.1, 0.15) is 56.0 Å². The quantitative estimate of drug-likeness (QED) is 0.0590. The first-order valence-corrected chi connectivity index (χ1v) is 22.2. The Balaban J connectivity index is 1.09. The van der Waals surface area contributed by atoms with Crippen molar-refractivity contribution < 1.29 is 27.3 Å². The zero-order valence-electron chi connectivity index (χ0n) is 34.3. The number of alkyl halides is 1. The number of hydrogen-bond acceptors (Lipinski definition) is 11. The number of nitro benzene ring substituents is 1. The Hall–Kier alpha value is -5.55. The summed E-state index contributed by atoms with van der Waals surface area (Å²) < 4.78 is 50.9. The smallest absolute Gasteiger partial charge is 0.293 e. The summed E-state index contributed by atoms with van der Waals surface area (Å²) in [6, 6.07) is 19.7. The predicted octanol–water partition coefficient (Wildman–Crippen LogP) is 8.18. The summed E-state index contributed by atoms with van der Waals surface area (Å²) in [5.41, 5.74) is 2.97. The van der Waals surface area contributed by atoms with Crippen LogP contribution >= 0.6 is 11.6 Å². The molecule has 4 heterocycles. The number of halogens is 2. The van der Waals surface area contributed by atoms with E-state index in [-0.39, 0.29) is 36.4 Å². The summed E-state index contributed by atoms with van der Waals surface area (Å²) >= 11 is 6.19. The Morgan fingerprint density at radius 1 is 1.03 bits per heavy atom. The fourth-order valence-corrected chi connectivity index (χ4v) is 8.91. The van der Waals surface area contributed by atoms with E-state index in [1.807, 2.05) is 18.2 Å². The number of benzene rings is 3. The third kappa shape index (κ3) is 10.7. The maximum absolute atomic E-state index is 15.3. The molecule has 7 rings (SSSR count). The lowest BCUT2D eigenvalue weighted by Crippen LogP contribution is -2.47. The third-order valence-electron chi connectivity index (χ3n) is 11.1. The van der Waals surface area contributed by atoms with Crippen molar-refractivity contribution in [3.05, 3.63) is 117 Å². The molecule has 17 heteroatoms.